The van der Waals surface area contributed by atoms with Gasteiger partial charge in [-0.1, -0.05) is 36.7 Å². The molecule has 18 heavy (non-hydrogen) atoms. The lowest BCUT2D eigenvalue weighted by molar-refractivity contribution is -0.120. The van der Waals surface area contributed by atoms with E-state index in [4.69, 9.17) is 11.6 Å². The molecule has 0 aromatic heterocycles. The van der Waals surface area contributed by atoms with Gasteiger partial charge in [0.05, 0.1) is 6.54 Å². The molecule has 1 aromatic rings. The quantitative estimate of drug-likeness (QED) is 0.833. The molecule has 2 atom stereocenters. The van der Waals surface area contributed by atoms with Crippen molar-refractivity contribution in [2.24, 2.45) is 0 Å². The highest BCUT2D eigenvalue weighted by molar-refractivity contribution is 6.31. The zero-order valence-corrected chi connectivity index (χ0v) is 11.9. The second-order valence-electron chi connectivity index (χ2n) is 4.50. The third kappa shape index (κ3) is 4.67. The average Bonchev–Trinajstić information content (AvgIpc) is 2.36. The van der Waals surface area contributed by atoms with Crippen molar-refractivity contribution in [3.8, 4) is 0 Å². The molecule has 0 saturated heterocycles. The van der Waals surface area contributed by atoms with Gasteiger partial charge in [0.1, 0.15) is 0 Å². The van der Waals surface area contributed by atoms with Crippen LogP contribution in [0.1, 0.15) is 38.8 Å². The maximum Gasteiger partial charge on any atom is 0.234 e. The van der Waals surface area contributed by atoms with Crippen molar-refractivity contribution in [3.63, 3.8) is 0 Å². The number of carbonyl (C=O) groups excluding carboxylic acids is 1. The van der Waals surface area contributed by atoms with Gasteiger partial charge in [0.15, 0.2) is 0 Å². The van der Waals surface area contributed by atoms with Gasteiger partial charge < -0.3 is 10.6 Å². The van der Waals surface area contributed by atoms with Gasteiger partial charge in [0.25, 0.3) is 0 Å². The Morgan fingerprint density at radius 2 is 2.00 bits per heavy atom. The third-order valence-electron chi connectivity index (χ3n) is 2.96. The number of carbonyl (C=O) groups is 1. The fourth-order valence-electron chi connectivity index (χ4n) is 1.61. The molecule has 0 bridgehead atoms. The van der Waals surface area contributed by atoms with Crippen molar-refractivity contribution >= 4 is 17.5 Å². The Morgan fingerprint density at radius 3 is 2.61 bits per heavy atom. The van der Waals surface area contributed by atoms with Crippen LogP contribution in [0.15, 0.2) is 24.3 Å². The first-order chi connectivity index (χ1) is 8.54. The van der Waals surface area contributed by atoms with E-state index < -0.39 is 0 Å². The van der Waals surface area contributed by atoms with E-state index in [-0.39, 0.29) is 18.0 Å². The van der Waals surface area contributed by atoms with Crippen LogP contribution in [0.3, 0.4) is 0 Å². The fraction of sp³-hybridized carbons (Fsp3) is 0.500. The van der Waals surface area contributed by atoms with Crippen LogP contribution in [0.2, 0.25) is 5.02 Å². The lowest BCUT2D eigenvalue weighted by atomic mass is 10.1. The van der Waals surface area contributed by atoms with Crippen LogP contribution >= 0.6 is 11.6 Å². The summed E-state index contributed by atoms with van der Waals surface area (Å²) >= 11 is 6.10. The van der Waals surface area contributed by atoms with E-state index in [0.29, 0.717) is 6.54 Å². The van der Waals surface area contributed by atoms with Gasteiger partial charge in [0, 0.05) is 17.1 Å². The number of amides is 1. The van der Waals surface area contributed by atoms with Gasteiger partial charge >= 0.3 is 0 Å². The molecule has 1 aromatic carbocycles. The maximum atomic E-state index is 11.6. The molecule has 1 rings (SSSR count). The summed E-state index contributed by atoms with van der Waals surface area (Å²) in [5.41, 5.74) is 1.01. The molecule has 0 fully saturated rings. The molecule has 100 valence electrons. The minimum atomic E-state index is 0.0169. The first-order valence-corrected chi connectivity index (χ1v) is 6.69. The number of benzene rings is 1. The zero-order valence-electron chi connectivity index (χ0n) is 11.2. The molecule has 0 spiro atoms. The van der Waals surface area contributed by atoms with Gasteiger partial charge in [-0.05, 0) is 31.9 Å². The molecule has 2 N–H and O–H groups in total. The normalized spacial score (nSPS) is 14.0. The monoisotopic (exact) mass is 268 g/mol. The van der Waals surface area contributed by atoms with E-state index in [1.807, 2.05) is 45.0 Å². The lowest BCUT2D eigenvalue weighted by Crippen LogP contribution is -2.39. The summed E-state index contributed by atoms with van der Waals surface area (Å²) in [6.45, 7) is 6.34. The summed E-state index contributed by atoms with van der Waals surface area (Å²) in [5.74, 6) is 0.0169. The highest BCUT2D eigenvalue weighted by Crippen LogP contribution is 2.21. The van der Waals surface area contributed by atoms with Crippen LogP contribution < -0.4 is 10.6 Å². The van der Waals surface area contributed by atoms with Crippen molar-refractivity contribution in [1.29, 1.82) is 0 Å². The fourth-order valence-corrected chi connectivity index (χ4v) is 1.91. The van der Waals surface area contributed by atoms with E-state index in [1.165, 1.54) is 0 Å². The maximum absolute atomic E-state index is 11.6. The van der Waals surface area contributed by atoms with Gasteiger partial charge in [-0.2, -0.15) is 0 Å². The summed E-state index contributed by atoms with van der Waals surface area (Å²) in [6.07, 6.45) is 0.936. The second kappa shape index (κ2) is 7.39. The predicted octanol–water partition coefficient (Wildman–Crippen LogP) is 2.91. The van der Waals surface area contributed by atoms with Crippen LogP contribution in [-0.2, 0) is 4.79 Å². The van der Waals surface area contributed by atoms with Gasteiger partial charge in [-0.25, -0.2) is 0 Å². The number of halogens is 1. The molecular formula is C14H21ClN2O. The highest BCUT2D eigenvalue weighted by Gasteiger charge is 2.11. The van der Waals surface area contributed by atoms with Gasteiger partial charge in [0.2, 0.25) is 5.91 Å². The molecule has 3 nitrogen and oxygen atoms in total. The van der Waals surface area contributed by atoms with Crippen LogP contribution in [0, 0.1) is 0 Å². The smallest absolute Gasteiger partial charge is 0.234 e. The Morgan fingerprint density at radius 1 is 1.33 bits per heavy atom. The van der Waals surface area contributed by atoms with Crippen molar-refractivity contribution in [1.82, 2.24) is 10.6 Å². The van der Waals surface area contributed by atoms with Crippen LogP contribution in [0.25, 0.3) is 0 Å². The number of hydrogen-bond acceptors (Lipinski definition) is 2. The summed E-state index contributed by atoms with van der Waals surface area (Å²) < 4.78 is 0. The van der Waals surface area contributed by atoms with Crippen molar-refractivity contribution in [2.75, 3.05) is 6.54 Å². The lowest BCUT2D eigenvalue weighted by Gasteiger charge is -2.17. The van der Waals surface area contributed by atoms with E-state index in [2.05, 4.69) is 10.6 Å². The summed E-state index contributed by atoms with van der Waals surface area (Å²) in [4.78, 5) is 11.6. The molecule has 0 heterocycles. The average molecular weight is 269 g/mol. The largest absolute Gasteiger partial charge is 0.353 e. The molecule has 0 aliphatic carbocycles. The SMILES string of the molecule is CCC(C)NC(=O)CNC(C)c1ccccc1Cl. The number of rotatable bonds is 6. The van der Waals surface area contributed by atoms with Crippen LogP contribution in [0.4, 0.5) is 0 Å². The zero-order chi connectivity index (χ0) is 13.5. The summed E-state index contributed by atoms with van der Waals surface area (Å²) in [7, 11) is 0. The van der Waals surface area contributed by atoms with E-state index in [1.54, 1.807) is 0 Å². The van der Waals surface area contributed by atoms with E-state index in [0.717, 1.165) is 17.0 Å². The van der Waals surface area contributed by atoms with Gasteiger partial charge in [-0.15, -0.1) is 0 Å². The first-order valence-electron chi connectivity index (χ1n) is 6.31. The number of hydrogen-bond donors (Lipinski definition) is 2. The Balaban J connectivity index is 2.44. The van der Waals surface area contributed by atoms with Crippen LogP contribution in [0.5, 0.6) is 0 Å². The Bertz CT molecular complexity index is 395. The van der Waals surface area contributed by atoms with Gasteiger partial charge in [-0.3, -0.25) is 4.79 Å². The van der Waals surface area contributed by atoms with E-state index in [9.17, 15) is 4.79 Å². The molecule has 0 saturated carbocycles. The highest BCUT2D eigenvalue weighted by atomic mass is 35.5. The Hall–Kier alpha value is -1.06. The topological polar surface area (TPSA) is 41.1 Å². The molecule has 0 aliphatic heterocycles. The standard InChI is InChI=1S/C14H21ClN2O/c1-4-10(2)17-14(18)9-16-11(3)12-7-5-6-8-13(12)15/h5-8,10-11,16H,4,9H2,1-3H3,(H,17,18). The molecular weight excluding hydrogens is 248 g/mol. The van der Waals surface area contributed by atoms with Crippen molar-refractivity contribution in [2.45, 2.75) is 39.3 Å². The summed E-state index contributed by atoms with van der Waals surface area (Å²) in [5, 5.41) is 6.81. The summed E-state index contributed by atoms with van der Waals surface area (Å²) in [6, 6.07) is 7.93. The molecule has 2 unspecified atom stereocenters. The van der Waals surface area contributed by atoms with Crippen LogP contribution in [-0.4, -0.2) is 18.5 Å². The molecule has 0 aliphatic rings. The minimum absolute atomic E-state index is 0.0169. The Labute approximate surface area is 114 Å². The van der Waals surface area contributed by atoms with E-state index >= 15 is 0 Å². The Kier molecular flexibility index (Phi) is 6.16. The van der Waals surface area contributed by atoms with Crippen molar-refractivity contribution in [3.05, 3.63) is 34.9 Å². The minimum Gasteiger partial charge on any atom is -0.353 e. The van der Waals surface area contributed by atoms with Crippen molar-refractivity contribution < 1.29 is 4.79 Å². The molecule has 1 amide bonds. The first kappa shape index (κ1) is 15.0. The number of nitrogens with one attached hydrogen (secondary N) is 2. The second-order valence-corrected chi connectivity index (χ2v) is 4.91. The molecule has 0 radical (unpaired) electrons. The molecule has 4 heteroatoms. The third-order valence-corrected chi connectivity index (χ3v) is 3.30. The predicted molar refractivity (Wildman–Crippen MR) is 75.8 cm³/mol.